The first-order valence-electron chi connectivity index (χ1n) is 8.98. The third kappa shape index (κ3) is 3.17. The molecule has 0 N–H and O–H groups in total. The number of aromatic nitrogens is 2. The number of carbonyl (C=O) groups is 2. The number of halogens is 1. The molecule has 7 nitrogen and oxygen atoms in total. The molecule has 8 heteroatoms. The van der Waals surface area contributed by atoms with Crippen molar-refractivity contribution in [1.29, 1.82) is 0 Å². The predicted octanol–water partition coefficient (Wildman–Crippen LogP) is 2.51. The van der Waals surface area contributed by atoms with Gasteiger partial charge >= 0.3 is 0 Å². The van der Waals surface area contributed by atoms with Gasteiger partial charge in [0.15, 0.2) is 5.76 Å². The smallest absolute Gasteiger partial charge is 0.289 e. The van der Waals surface area contributed by atoms with E-state index in [-0.39, 0.29) is 11.8 Å². The second kappa shape index (κ2) is 7.30. The van der Waals surface area contributed by atoms with Crippen LogP contribution in [0.2, 0.25) is 0 Å². The third-order valence-electron chi connectivity index (χ3n) is 4.91. The van der Waals surface area contributed by atoms with E-state index in [0.717, 1.165) is 0 Å². The number of rotatable bonds is 3. The molecule has 0 aliphatic carbocycles. The van der Waals surface area contributed by atoms with Gasteiger partial charge in [0.05, 0.1) is 23.7 Å². The summed E-state index contributed by atoms with van der Waals surface area (Å²) in [7, 11) is 0. The maximum atomic E-state index is 14.1. The summed E-state index contributed by atoms with van der Waals surface area (Å²) in [6.07, 6.45) is 2.92. The first kappa shape index (κ1) is 18.0. The van der Waals surface area contributed by atoms with Crippen molar-refractivity contribution in [1.82, 2.24) is 19.6 Å². The summed E-state index contributed by atoms with van der Waals surface area (Å²) in [6, 6.07) is 9.59. The molecule has 1 fully saturated rings. The van der Waals surface area contributed by atoms with Gasteiger partial charge in [-0.15, -0.1) is 0 Å². The van der Waals surface area contributed by atoms with Gasteiger partial charge in [0.25, 0.3) is 11.8 Å². The monoisotopic (exact) mass is 382 g/mol. The standard InChI is InChI=1S/C20H19FN4O3/c1-14-15(13-22-25(14)17-6-3-2-5-16(17)21)19(26)23-8-10-24(11-9-23)20(27)18-7-4-12-28-18/h2-7,12-13H,8-11H2,1H3. The van der Waals surface area contributed by atoms with Crippen LogP contribution in [0.15, 0.2) is 53.3 Å². The lowest BCUT2D eigenvalue weighted by Crippen LogP contribution is -2.50. The maximum Gasteiger partial charge on any atom is 0.289 e. The Balaban J connectivity index is 1.46. The van der Waals surface area contributed by atoms with Crippen LogP contribution in [-0.4, -0.2) is 57.6 Å². The van der Waals surface area contributed by atoms with E-state index in [1.807, 2.05) is 0 Å². The van der Waals surface area contributed by atoms with E-state index in [1.54, 1.807) is 47.1 Å². The Hall–Kier alpha value is -3.42. The Labute approximate surface area is 161 Å². The first-order chi connectivity index (χ1) is 13.6. The number of nitrogens with zero attached hydrogens (tertiary/aromatic N) is 4. The fraction of sp³-hybridized carbons (Fsp3) is 0.250. The highest BCUT2D eigenvalue weighted by Crippen LogP contribution is 2.19. The molecule has 0 spiro atoms. The number of benzene rings is 1. The minimum absolute atomic E-state index is 0.176. The Kier molecular flexibility index (Phi) is 4.68. The molecular formula is C20H19FN4O3. The first-order valence-corrected chi connectivity index (χ1v) is 8.98. The summed E-state index contributed by atoms with van der Waals surface area (Å²) in [6.45, 7) is 3.41. The molecule has 3 aromatic rings. The molecule has 144 valence electrons. The lowest BCUT2D eigenvalue weighted by Gasteiger charge is -2.34. The summed E-state index contributed by atoms with van der Waals surface area (Å²) < 4.78 is 20.6. The second-order valence-corrected chi connectivity index (χ2v) is 6.57. The minimum atomic E-state index is -0.405. The number of hydrogen-bond donors (Lipinski definition) is 0. The van der Waals surface area contributed by atoms with E-state index >= 15 is 0 Å². The number of carbonyl (C=O) groups excluding carboxylic acids is 2. The number of piperazine rings is 1. The Morgan fingerprint density at radius 2 is 1.68 bits per heavy atom. The molecular weight excluding hydrogens is 363 g/mol. The lowest BCUT2D eigenvalue weighted by atomic mass is 10.2. The Bertz CT molecular complexity index is 1000. The fourth-order valence-electron chi connectivity index (χ4n) is 3.32. The van der Waals surface area contributed by atoms with Crippen LogP contribution in [0.1, 0.15) is 26.6 Å². The molecule has 3 heterocycles. The van der Waals surface area contributed by atoms with E-state index in [9.17, 15) is 14.0 Å². The highest BCUT2D eigenvalue weighted by atomic mass is 19.1. The van der Waals surface area contributed by atoms with Gasteiger partial charge in [-0.25, -0.2) is 9.07 Å². The van der Waals surface area contributed by atoms with Crippen molar-refractivity contribution in [2.45, 2.75) is 6.92 Å². The van der Waals surface area contributed by atoms with Gasteiger partial charge in [0.1, 0.15) is 11.5 Å². The number of para-hydroxylation sites is 1. The van der Waals surface area contributed by atoms with Gasteiger partial charge in [0, 0.05) is 26.2 Å². The molecule has 1 aliphatic heterocycles. The predicted molar refractivity (Wildman–Crippen MR) is 98.8 cm³/mol. The van der Waals surface area contributed by atoms with Crippen LogP contribution in [0.4, 0.5) is 4.39 Å². The second-order valence-electron chi connectivity index (χ2n) is 6.57. The zero-order valence-electron chi connectivity index (χ0n) is 15.3. The zero-order valence-corrected chi connectivity index (χ0v) is 15.3. The summed E-state index contributed by atoms with van der Waals surface area (Å²) in [5.41, 5.74) is 1.30. The van der Waals surface area contributed by atoms with Gasteiger partial charge in [-0.2, -0.15) is 5.10 Å². The summed E-state index contributed by atoms with van der Waals surface area (Å²) in [5, 5.41) is 4.19. The van der Waals surface area contributed by atoms with Crippen molar-refractivity contribution in [2.75, 3.05) is 26.2 Å². The quantitative estimate of drug-likeness (QED) is 0.698. The number of amides is 2. The molecule has 4 rings (SSSR count). The Morgan fingerprint density at radius 1 is 1.00 bits per heavy atom. The number of hydrogen-bond acceptors (Lipinski definition) is 4. The molecule has 0 bridgehead atoms. The molecule has 1 aliphatic rings. The van der Waals surface area contributed by atoms with Crippen molar-refractivity contribution < 1.29 is 18.4 Å². The summed E-state index contributed by atoms with van der Waals surface area (Å²) in [4.78, 5) is 28.6. The largest absolute Gasteiger partial charge is 0.459 e. The van der Waals surface area contributed by atoms with E-state index in [2.05, 4.69) is 5.10 Å². The molecule has 0 atom stereocenters. The maximum absolute atomic E-state index is 14.1. The van der Waals surface area contributed by atoms with Gasteiger partial charge < -0.3 is 14.2 Å². The topological polar surface area (TPSA) is 71.6 Å². The van der Waals surface area contributed by atoms with Crippen LogP contribution in [-0.2, 0) is 0 Å². The van der Waals surface area contributed by atoms with Crippen LogP contribution >= 0.6 is 0 Å². The van der Waals surface area contributed by atoms with Crippen LogP contribution in [0, 0.1) is 12.7 Å². The normalized spacial score (nSPS) is 14.4. The molecule has 1 aromatic carbocycles. The highest BCUT2D eigenvalue weighted by Gasteiger charge is 2.28. The van der Waals surface area contributed by atoms with E-state index in [1.165, 1.54) is 23.2 Å². The molecule has 28 heavy (non-hydrogen) atoms. The van der Waals surface area contributed by atoms with Crippen LogP contribution in [0.5, 0.6) is 0 Å². The molecule has 0 saturated carbocycles. The molecule has 0 unspecified atom stereocenters. The van der Waals surface area contributed by atoms with Gasteiger partial charge in [-0.3, -0.25) is 9.59 Å². The minimum Gasteiger partial charge on any atom is -0.459 e. The van der Waals surface area contributed by atoms with E-state index in [0.29, 0.717) is 48.9 Å². The highest BCUT2D eigenvalue weighted by molar-refractivity contribution is 5.96. The van der Waals surface area contributed by atoms with Crippen LogP contribution in [0.3, 0.4) is 0 Å². The zero-order chi connectivity index (χ0) is 19.7. The fourth-order valence-corrected chi connectivity index (χ4v) is 3.32. The van der Waals surface area contributed by atoms with Crippen molar-refractivity contribution in [2.24, 2.45) is 0 Å². The van der Waals surface area contributed by atoms with E-state index in [4.69, 9.17) is 4.42 Å². The third-order valence-corrected chi connectivity index (χ3v) is 4.91. The summed E-state index contributed by atoms with van der Waals surface area (Å²) >= 11 is 0. The Morgan fingerprint density at radius 3 is 2.32 bits per heavy atom. The SMILES string of the molecule is Cc1c(C(=O)N2CCN(C(=O)c3ccco3)CC2)cnn1-c1ccccc1F. The van der Waals surface area contributed by atoms with Crippen molar-refractivity contribution in [3.05, 3.63) is 71.7 Å². The molecule has 2 amide bonds. The average molecular weight is 382 g/mol. The summed E-state index contributed by atoms with van der Waals surface area (Å²) in [5.74, 6) is -0.467. The lowest BCUT2D eigenvalue weighted by molar-refractivity contribution is 0.0517. The average Bonchev–Trinajstić information content (AvgIpc) is 3.38. The van der Waals surface area contributed by atoms with Gasteiger partial charge in [0.2, 0.25) is 0 Å². The molecule has 0 radical (unpaired) electrons. The van der Waals surface area contributed by atoms with Crippen molar-refractivity contribution in [3.8, 4) is 5.69 Å². The van der Waals surface area contributed by atoms with E-state index < -0.39 is 5.82 Å². The number of furan rings is 1. The van der Waals surface area contributed by atoms with Gasteiger partial charge in [-0.1, -0.05) is 12.1 Å². The van der Waals surface area contributed by atoms with Crippen molar-refractivity contribution >= 4 is 11.8 Å². The van der Waals surface area contributed by atoms with Crippen LogP contribution in [0.25, 0.3) is 5.69 Å². The van der Waals surface area contributed by atoms with Crippen molar-refractivity contribution in [3.63, 3.8) is 0 Å². The van der Waals surface area contributed by atoms with Crippen LogP contribution < -0.4 is 0 Å². The van der Waals surface area contributed by atoms with Gasteiger partial charge in [-0.05, 0) is 31.2 Å². The molecule has 2 aromatic heterocycles. The molecule has 1 saturated heterocycles.